The third-order valence-corrected chi connectivity index (χ3v) is 3.99. The second-order valence-corrected chi connectivity index (χ2v) is 5.59. The smallest absolute Gasteiger partial charge is 0.181 e. The zero-order valence-corrected chi connectivity index (χ0v) is 15.0. The molecule has 2 aromatic carbocycles. The van der Waals surface area contributed by atoms with Crippen LogP contribution in [0, 0.1) is 0 Å². The molecule has 1 heterocycles. The van der Waals surface area contributed by atoms with Gasteiger partial charge in [-0.25, -0.2) is 4.98 Å². The van der Waals surface area contributed by atoms with Crippen molar-refractivity contribution < 1.29 is 14.2 Å². The minimum Gasteiger partial charge on any atom is -0.497 e. The Hall–Kier alpha value is -3.06. The van der Waals surface area contributed by atoms with Gasteiger partial charge in [0.25, 0.3) is 0 Å². The molecule has 0 amide bonds. The lowest BCUT2D eigenvalue weighted by molar-refractivity contribution is 0.310. The molecule has 26 heavy (non-hydrogen) atoms. The zero-order valence-electron chi connectivity index (χ0n) is 15.0. The molecular formula is C19H22N4O3. The molecule has 0 saturated heterocycles. The molecule has 0 fully saturated rings. The van der Waals surface area contributed by atoms with E-state index in [1.165, 1.54) is 0 Å². The first-order valence-corrected chi connectivity index (χ1v) is 8.29. The number of nitrogens with zero attached hydrogens (tertiary/aromatic N) is 2. The van der Waals surface area contributed by atoms with E-state index in [-0.39, 0.29) is 0 Å². The van der Waals surface area contributed by atoms with Crippen molar-refractivity contribution in [3.8, 4) is 28.6 Å². The number of rotatable bonds is 7. The largest absolute Gasteiger partial charge is 0.497 e. The Morgan fingerprint density at radius 3 is 2.46 bits per heavy atom. The summed E-state index contributed by atoms with van der Waals surface area (Å²) in [5.41, 5.74) is 8.08. The van der Waals surface area contributed by atoms with Crippen molar-refractivity contribution in [3.63, 3.8) is 0 Å². The average molecular weight is 354 g/mol. The molecule has 0 radical (unpaired) electrons. The Morgan fingerprint density at radius 1 is 1.04 bits per heavy atom. The number of aromatic nitrogens is 3. The van der Waals surface area contributed by atoms with Crippen LogP contribution in [0.5, 0.6) is 17.2 Å². The van der Waals surface area contributed by atoms with Crippen molar-refractivity contribution in [2.24, 2.45) is 5.73 Å². The van der Waals surface area contributed by atoms with Gasteiger partial charge in [-0.15, -0.1) is 0 Å². The summed E-state index contributed by atoms with van der Waals surface area (Å²) < 4.78 is 16.1. The Kier molecular flexibility index (Phi) is 5.38. The third-order valence-electron chi connectivity index (χ3n) is 3.99. The maximum Gasteiger partial charge on any atom is 0.181 e. The number of benzene rings is 2. The quantitative estimate of drug-likeness (QED) is 0.677. The molecule has 0 aliphatic rings. The summed E-state index contributed by atoms with van der Waals surface area (Å²) in [4.78, 5) is 4.52. The second-order valence-electron chi connectivity index (χ2n) is 5.59. The summed E-state index contributed by atoms with van der Waals surface area (Å²) in [7, 11) is 3.23. The van der Waals surface area contributed by atoms with Crippen molar-refractivity contribution in [3.05, 3.63) is 53.9 Å². The van der Waals surface area contributed by atoms with Gasteiger partial charge in [0.05, 0.1) is 26.9 Å². The predicted molar refractivity (Wildman–Crippen MR) is 98.6 cm³/mol. The van der Waals surface area contributed by atoms with Crippen LogP contribution in [0.1, 0.15) is 24.4 Å². The molecule has 7 nitrogen and oxygen atoms in total. The number of hydrogen-bond acceptors (Lipinski definition) is 6. The predicted octanol–water partition coefficient (Wildman–Crippen LogP) is 2.94. The van der Waals surface area contributed by atoms with E-state index >= 15 is 0 Å². The zero-order chi connectivity index (χ0) is 18.5. The fraction of sp³-hybridized carbons (Fsp3) is 0.263. The molecule has 0 aliphatic heterocycles. The summed E-state index contributed by atoms with van der Waals surface area (Å²) >= 11 is 0. The van der Waals surface area contributed by atoms with Crippen molar-refractivity contribution in [2.45, 2.75) is 13.0 Å². The number of nitrogens with two attached hydrogens (primary N) is 1. The minimum atomic E-state index is -0.459. The van der Waals surface area contributed by atoms with Gasteiger partial charge in [-0.2, -0.15) is 5.10 Å². The van der Waals surface area contributed by atoms with Crippen LogP contribution in [0.2, 0.25) is 0 Å². The first kappa shape index (κ1) is 17.8. The second kappa shape index (κ2) is 7.88. The number of hydrogen-bond donors (Lipinski definition) is 2. The van der Waals surface area contributed by atoms with Crippen LogP contribution in [0.4, 0.5) is 0 Å². The maximum absolute atomic E-state index is 6.35. The highest BCUT2D eigenvalue weighted by molar-refractivity contribution is 5.56. The highest BCUT2D eigenvalue weighted by Crippen LogP contribution is 2.31. The van der Waals surface area contributed by atoms with Crippen molar-refractivity contribution in [1.82, 2.24) is 15.2 Å². The van der Waals surface area contributed by atoms with Gasteiger partial charge < -0.3 is 19.9 Å². The molecule has 3 rings (SSSR count). The molecule has 0 bridgehead atoms. The minimum absolute atomic E-state index is 0.459. The molecule has 0 aliphatic carbocycles. The van der Waals surface area contributed by atoms with Crippen LogP contribution in [-0.4, -0.2) is 36.0 Å². The van der Waals surface area contributed by atoms with Gasteiger partial charge in [0, 0.05) is 5.56 Å². The van der Waals surface area contributed by atoms with Crippen LogP contribution in [0.25, 0.3) is 11.4 Å². The molecule has 0 saturated carbocycles. The standard InChI is InChI=1S/C19H22N4O3/c1-4-26-15-10-7-13(11-16(15)25-3)17(20)19-21-18(22-23-19)12-5-8-14(24-2)9-6-12/h5-11,17H,4,20H2,1-3H3,(H,21,22,23)/t17-/m1/s1. The van der Waals surface area contributed by atoms with Crippen LogP contribution < -0.4 is 19.9 Å². The summed E-state index contributed by atoms with van der Waals surface area (Å²) in [6.45, 7) is 2.49. The fourth-order valence-electron chi connectivity index (χ4n) is 2.59. The number of aromatic amines is 1. The summed E-state index contributed by atoms with van der Waals surface area (Å²) in [5, 5.41) is 7.18. The van der Waals surface area contributed by atoms with Crippen LogP contribution in [0.3, 0.4) is 0 Å². The third kappa shape index (κ3) is 3.62. The van der Waals surface area contributed by atoms with Gasteiger partial charge in [0.2, 0.25) is 0 Å². The Labute approximate surface area is 152 Å². The highest BCUT2D eigenvalue weighted by atomic mass is 16.5. The van der Waals surface area contributed by atoms with Gasteiger partial charge in [0.15, 0.2) is 17.3 Å². The van der Waals surface area contributed by atoms with E-state index in [0.29, 0.717) is 29.8 Å². The van der Waals surface area contributed by atoms with Crippen molar-refractivity contribution in [2.75, 3.05) is 20.8 Å². The maximum atomic E-state index is 6.35. The SMILES string of the molecule is CCOc1ccc([C@@H](N)c2nc(-c3ccc(OC)cc3)n[nH]2)cc1OC. The molecule has 0 unspecified atom stereocenters. The monoisotopic (exact) mass is 354 g/mol. The molecular weight excluding hydrogens is 332 g/mol. The molecule has 1 aromatic heterocycles. The van der Waals surface area contributed by atoms with E-state index in [1.807, 2.05) is 49.4 Å². The van der Waals surface area contributed by atoms with Crippen LogP contribution in [0.15, 0.2) is 42.5 Å². The Balaban J connectivity index is 1.84. The van der Waals surface area contributed by atoms with Gasteiger partial charge in [0.1, 0.15) is 11.6 Å². The summed E-state index contributed by atoms with van der Waals surface area (Å²) in [5.74, 6) is 3.25. The van der Waals surface area contributed by atoms with E-state index < -0.39 is 6.04 Å². The van der Waals surface area contributed by atoms with Crippen LogP contribution in [-0.2, 0) is 0 Å². The van der Waals surface area contributed by atoms with E-state index in [2.05, 4.69) is 15.2 Å². The van der Waals surface area contributed by atoms with Gasteiger partial charge >= 0.3 is 0 Å². The van der Waals surface area contributed by atoms with E-state index in [9.17, 15) is 0 Å². The molecule has 7 heteroatoms. The number of ether oxygens (including phenoxy) is 3. The Bertz CT molecular complexity index is 861. The molecule has 136 valence electrons. The van der Waals surface area contributed by atoms with Crippen LogP contribution >= 0.6 is 0 Å². The molecule has 3 N–H and O–H groups in total. The lowest BCUT2D eigenvalue weighted by Gasteiger charge is -2.13. The number of nitrogens with one attached hydrogen (secondary N) is 1. The van der Waals surface area contributed by atoms with Gasteiger partial charge in [-0.1, -0.05) is 6.07 Å². The van der Waals surface area contributed by atoms with E-state index in [1.54, 1.807) is 14.2 Å². The molecule has 3 aromatic rings. The van der Waals surface area contributed by atoms with Crippen molar-refractivity contribution in [1.29, 1.82) is 0 Å². The first-order valence-electron chi connectivity index (χ1n) is 8.29. The van der Waals surface area contributed by atoms with Gasteiger partial charge in [-0.05, 0) is 48.9 Å². The van der Waals surface area contributed by atoms with E-state index in [4.69, 9.17) is 19.9 Å². The number of methoxy groups -OCH3 is 2. The molecule has 1 atom stereocenters. The lowest BCUT2D eigenvalue weighted by Crippen LogP contribution is -2.14. The van der Waals surface area contributed by atoms with E-state index in [0.717, 1.165) is 16.9 Å². The normalized spacial score (nSPS) is 11.8. The van der Waals surface area contributed by atoms with Gasteiger partial charge in [-0.3, -0.25) is 5.10 Å². The lowest BCUT2D eigenvalue weighted by atomic mass is 10.1. The van der Waals surface area contributed by atoms with Crippen molar-refractivity contribution >= 4 is 0 Å². The fourth-order valence-corrected chi connectivity index (χ4v) is 2.59. The topological polar surface area (TPSA) is 95.3 Å². The Morgan fingerprint density at radius 2 is 1.81 bits per heavy atom. The average Bonchev–Trinajstić information content (AvgIpc) is 3.18. The highest BCUT2D eigenvalue weighted by Gasteiger charge is 2.17. The summed E-state index contributed by atoms with van der Waals surface area (Å²) in [6.07, 6.45) is 0. The molecule has 0 spiro atoms. The summed E-state index contributed by atoms with van der Waals surface area (Å²) in [6, 6.07) is 12.7. The number of H-pyrrole nitrogens is 1. The first-order chi connectivity index (χ1) is 12.7.